The summed E-state index contributed by atoms with van der Waals surface area (Å²) in [6, 6.07) is 8.37. The summed E-state index contributed by atoms with van der Waals surface area (Å²) in [5.74, 6) is 0. The second kappa shape index (κ2) is 5.29. The summed E-state index contributed by atoms with van der Waals surface area (Å²) in [7, 11) is 0. The Balaban J connectivity index is 2.16. The van der Waals surface area contributed by atoms with Crippen LogP contribution in [0.1, 0.15) is 27.9 Å². The van der Waals surface area contributed by atoms with Crippen molar-refractivity contribution >= 4 is 27.3 Å². The van der Waals surface area contributed by atoms with Gasteiger partial charge < -0.3 is 5.73 Å². The molecule has 0 aromatic carbocycles. The fourth-order valence-corrected chi connectivity index (χ4v) is 3.42. The Hall–Kier alpha value is -0.710. The van der Waals surface area contributed by atoms with E-state index in [1.807, 2.05) is 13.8 Å². The number of nitrogens with zero attached hydrogens (tertiary/aromatic N) is 1. The van der Waals surface area contributed by atoms with Gasteiger partial charge in [0, 0.05) is 28.7 Å². The second-order valence-electron chi connectivity index (χ2n) is 4.20. The van der Waals surface area contributed by atoms with Gasteiger partial charge in [-0.1, -0.05) is 0 Å². The molecule has 0 saturated carbocycles. The van der Waals surface area contributed by atoms with Crippen molar-refractivity contribution in [2.75, 3.05) is 0 Å². The third-order valence-corrected chi connectivity index (χ3v) is 4.23. The van der Waals surface area contributed by atoms with Gasteiger partial charge in [-0.15, -0.1) is 11.3 Å². The lowest BCUT2D eigenvalue weighted by molar-refractivity contribution is 0.725. The molecule has 0 saturated heterocycles. The molecule has 2 aromatic rings. The SMILES string of the molecule is Cc1cc(C(N)Cc2ccc(Br)s2)cc(C)n1. The number of aromatic nitrogens is 1. The maximum absolute atomic E-state index is 6.24. The average molecular weight is 311 g/mol. The molecule has 0 aliphatic heterocycles. The Labute approximate surface area is 114 Å². The Kier molecular flexibility index (Phi) is 3.97. The maximum atomic E-state index is 6.24. The van der Waals surface area contributed by atoms with Crippen molar-refractivity contribution in [3.8, 4) is 0 Å². The smallest absolute Gasteiger partial charge is 0.0701 e. The van der Waals surface area contributed by atoms with E-state index in [0.29, 0.717) is 0 Å². The minimum atomic E-state index is 0.0425. The van der Waals surface area contributed by atoms with E-state index in [4.69, 9.17) is 5.73 Å². The lowest BCUT2D eigenvalue weighted by Gasteiger charge is -2.12. The van der Waals surface area contributed by atoms with Gasteiger partial charge in [0.1, 0.15) is 0 Å². The number of halogens is 1. The first-order chi connectivity index (χ1) is 8.04. The molecule has 1 unspecified atom stereocenters. The van der Waals surface area contributed by atoms with Crippen LogP contribution < -0.4 is 5.73 Å². The first kappa shape index (κ1) is 12.7. The zero-order valence-electron chi connectivity index (χ0n) is 9.90. The monoisotopic (exact) mass is 310 g/mol. The predicted octanol–water partition coefficient (Wildman–Crippen LogP) is 3.76. The fourth-order valence-electron chi connectivity index (χ4n) is 1.88. The Bertz CT molecular complexity index is 502. The largest absolute Gasteiger partial charge is 0.324 e. The number of hydrogen-bond acceptors (Lipinski definition) is 3. The summed E-state index contributed by atoms with van der Waals surface area (Å²) >= 11 is 5.21. The minimum absolute atomic E-state index is 0.0425. The van der Waals surface area contributed by atoms with Crippen molar-refractivity contribution in [1.29, 1.82) is 0 Å². The van der Waals surface area contributed by atoms with Crippen LogP contribution >= 0.6 is 27.3 Å². The fraction of sp³-hybridized carbons (Fsp3) is 0.308. The molecule has 2 heterocycles. The van der Waals surface area contributed by atoms with E-state index in [-0.39, 0.29) is 6.04 Å². The third kappa shape index (κ3) is 3.37. The standard InChI is InChI=1S/C13H15BrN2S/c1-8-5-10(6-9(2)16-8)12(15)7-11-3-4-13(14)17-11/h3-6,12H,7,15H2,1-2H3. The Morgan fingerprint density at radius 3 is 2.47 bits per heavy atom. The van der Waals surface area contributed by atoms with Gasteiger partial charge in [0.2, 0.25) is 0 Å². The topological polar surface area (TPSA) is 38.9 Å². The molecule has 0 spiro atoms. The normalized spacial score (nSPS) is 12.7. The Morgan fingerprint density at radius 2 is 1.94 bits per heavy atom. The van der Waals surface area contributed by atoms with Gasteiger partial charge in [0.25, 0.3) is 0 Å². The van der Waals surface area contributed by atoms with Crippen molar-refractivity contribution in [3.63, 3.8) is 0 Å². The molecule has 1 atom stereocenters. The van der Waals surface area contributed by atoms with Gasteiger partial charge in [-0.3, -0.25) is 4.98 Å². The van der Waals surface area contributed by atoms with Gasteiger partial charge in [-0.2, -0.15) is 0 Å². The van der Waals surface area contributed by atoms with Crippen LogP contribution in [0.3, 0.4) is 0 Å². The van der Waals surface area contributed by atoms with Crippen molar-refractivity contribution in [2.45, 2.75) is 26.3 Å². The summed E-state index contributed by atoms with van der Waals surface area (Å²) in [5, 5.41) is 0. The number of hydrogen-bond donors (Lipinski definition) is 1. The van der Waals surface area contributed by atoms with Gasteiger partial charge in [0.05, 0.1) is 3.79 Å². The highest BCUT2D eigenvalue weighted by atomic mass is 79.9. The molecule has 0 aliphatic rings. The highest BCUT2D eigenvalue weighted by Crippen LogP contribution is 2.26. The molecule has 90 valence electrons. The van der Waals surface area contributed by atoms with E-state index < -0.39 is 0 Å². The van der Waals surface area contributed by atoms with Crippen LogP contribution in [-0.2, 0) is 6.42 Å². The van der Waals surface area contributed by atoms with Gasteiger partial charge >= 0.3 is 0 Å². The summed E-state index contributed by atoms with van der Waals surface area (Å²) < 4.78 is 1.15. The number of thiophene rings is 1. The number of pyridine rings is 1. The van der Waals surface area contributed by atoms with Crippen LogP contribution in [0.25, 0.3) is 0 Å². The van der Waals surface area contributed by atoms with Crippen LogP contribution in [0.5, 0.6) is 0 Å². The van der Waals surface area contributed by atoms with E-state index in [0.717, 1.165) is 21.6 Å². The second-order valence-corrected chi connectivity index (χ2v) is 6.75. The highest BCUT2D eigenvalue weighted by molar-refractivity contribution is 9.11. The first-order valence-corrected chi connectivity index (χ1v) is 7.10. The summed E-state index contributed by atoms with van der Waals surface area (Å²) in [6.07, 6.45) is 0.874. The van der Waals surface area contributed by atoms with Crippen LogP contribution in [0.4, 0.5) is 0 Å². The summed E-state index contributed by atoms with van der Waals surface area (Å²) in [4.78, 5) is 5.67. The number of nitrogens with two attached hydrogens (primary N) is 1. The zero-order chi connectivity index (χ0) is 12.4. The molecule has 17 heavy (non-hydrogen) atoms. The van der Waals surface area contributed by atoms with E-state index >= 15 is 0 Å². The van der Waals surface area contributed by atoms with E-state index in [2.05, 4.69) is 45.2 Å². The first-order valence-electron chi connectivity index (χ1n) is 5.49. The lowest BCUT2D eigenvalue weighted by atomic mass is 10.0. The van der Waals surface area contributed by atoms with Crippen molar-refractivity contribution in [3.05, 3.63) is 49.9 Å². The zero-order valence-corrected chi connectivity index (χ0v) is 12.3. The van der Waals surface area contributed by atoms with E-state index in [1.165, 1.54) is 10.4 Å². The lowest BCUT2D eigenvalue weighted by Crippen LogP contribution is -2.13. The maximum Gasteiger partial charge on any atom is 0.0701 e. The molecule has 0 bridgehead atoms. The molecular weight excluding hydrogens is 296 g/mol. The predicted molar refractivity (Wildman–Crippen MR) is 76.4 cm³/mol. The summed E-state index contributed by atoms with van der Waals surface area (Å²) in [6.45, 7) is 4.01. The Morgan fingerprint density at radius 1 is 1.29 bits per heavy atom. The van der Waals surface area contributed by atoms with Gasteiger partial charge in [-0.25, -0.2) is 0 Å². The molecule has 4 heteroatoms. The molecule has 2 rings (SSSR count). The van der Waals surface area contributed by atoms with E-state index in [9.17, 15) is 0 Å². The molecular formula is C13H15BrN2S. The molecule has 2 nitrogen and oxygen atoms in total. The molecule has 2 aromatic heterocycles. The molecule has 0 amide bonds. The molecule has 0 aliphatic carbocycles. The minimum Gasteiger partial charge on any atom is -0.324 e. The average Bonchev–Trinajstić information content (AvgIpc) is 2.62. The molecule has 0 radical (unpaired) electrons. The van der Waals surface area contributed by atoms with Gasteiger partial charge in [0.15, 0.2) is 0 Å². The van der Waals surface area contributed by atoms with Crippen LogP contribution in [0.2, 0.25) is 0 Å². The summed E-state index contributed by atoms with van der Waals surface area (Å²) in [5.41, 5.74) is 9.46. The van der Waals surface area contributed by atoms with Crippen LogP contribution in [0.15, 0.2) is 28.1 Å². The number of rotatable bonds is 3. The van der Waals surface area contributed by atoms with Gasteiger partial charge in [-0.05, 0) is 59.6 Å². The number of aryl methyl sites for hydroxylation is 2. The van der Waals surface area contributed by atoms with Crippen molar-refractivity contribution in [1.82, 2.24) is 4.98 Å². The third-order valence-electron chi connectivity index (χ3n) is 2.58. The van der Waals surface area contributed by atoms with Crippen molar-refractivity contribution in [2.24, 2.45) is 5.73 Å². The van der Waals surface area contributed by atoms with Crippen LogP contribution in [0, 0.1) is 13.8 Å². The van der Waals surface area contributed by atoms with Crippen molar-refractivity contribution < 1.29 is 0 Å². The molecule has 2 N–H and O–H groups in total. The highest BCUT2D eigenvalue weighted by Gasteiger charge is 2.10. The van der Waals surface area contributed by atoms with E-state index in [1.54, 1.807) is 11.3 Å². The quantitative estimate of drug-likeness (QED) is 0.937. The van der Waals surface area contributed by atoms with Crippen LogP contribution in [-0.4, -0.2) is 4.98 Å². The molecule has 0 fully saturated rings.